The average Bonchev–Trinajstić information content (AvgIpc) is 2.28. The van der Waals surface area contributed by atoms with Crippen LogP contribution in [0.1, 0.15) is 0 Å². The summed E-state index contributed by atoms with van der Waals surface area (Å²) in [5.41, 5.74) is 6.63. The van der Waals surface area contributed by atoms with E-state index in [2.05, 4.69) is 0 Å². The number of hydrogen-bond acceptors (Lipinski definition) is 6. The zero-order chi connectivity index (χ0) is 13.7. The Morgan fingerprint density at radius 1 is 1.61 bits per heavy atom. The third-order valence-corrected chi connectivity index (χ3v) is 2.48. The Bertz CT molecular complexity index is 425. The molecule has 0 heterocycles. The molecule has 0 bridgehead atoms. The van der Waals surface area contributed by atoms with Crippen molar-refractivity contribution in [2.75, 3.05) is 37.9 Å². The molecule has 7 nitrogen and oxygen atoms in total. The number of aliphatic hydroxyl groups is 1. The van der Waals surface area contributed by atoms with Crippen LogP contribution in [0.3, 0.4) is 0 Å². The van der Waals surface area contributed by atoms with Gasteiger partial charge in [0, 0.05) is 32.8 Å². The van der Waals surface area contributed by atoms with Crippen LogP contribution >= 0.6 is 0 Å². The molecule has 1 atom stereocenters. The minimum Gasteiger partial charge on any atom is -0.397 e. The Labute approximate surface area is 105 Å². The lowest BCUT2D eigenvalue weighted by Gasteiger charge is -2.23. The number of nitrogens with two attached hydrogens (primary N) is 1. The largest absolute Gasteiger partial charge is 0.397 e. The number of nitrogens with zero attached hydrogens (tertiary/aromatic N) is 2. The predicted molar refractivity (Wildman–Crippen MR) is 68.7 cm³/mol. The number of benzene rings is 1. The number of methoxy groups -OCH3 is 1. The lowest BCUT2D eigenvalue weighted by Crippen LogP contribution is -2.32. The molecule has 0 aliphatic carbocycles. The topological polar surface area (TPSA) is 102 Å². The SMILES string of the molecule is COCC(O)CN(C)c1ccc([N+](=O)[O-])cc1N. The summed E-state index contributed by atoms with van der Waals surface area (Å²) >= 11 is 0. The number of hydrogen-bond donors (Lipinski definition) is 2. The summed E-state index contributed by atoms with van der Waals surface area (Å²) in [5.74, 6) is 0. The third-order valence-electron chi connectivity index (χ3n) is 2.48. The van der Waals surface area contributed by atoms with Gasteiger partial charge in [-0.25, -0.2) is 0 Å². The molecule has 0 aliphatic heterocycles. The maximum atomic E-state index is 10.6. The summed E-state index contributed by atoms with van der Waals surface area (Å²) in [5, 5.41) is 20.2. The Kier molecular flexibility index (Phi) is 4.87. The van der Waals surface area contributed by atoms with Crippen molar-refractivity contribution in [2.45, 2.75) is 6.10 Å². The molecule has 0 saturated heterocycles. The molecule has 7 heteroatoms. The van der Waals surface area contributed by atoms with Crippen LogP contribution in [0, 0.1) is 10.1 Å². The first-order chi connectivity index (χ1) is 8.45. The van der Waals surface area contributed by atoms with E-state index >= 15 is 0 Å². The first kappa shape index (κ1) is 14.2. The molecule has 1 rings (SSSR count). The summed E-state index contributed by atoms with van der Waals surface area (Å²) in [6, 6.07) is 4.24. The minimum absolute atomic E-state index is 0.0536. The summed E-state index contributed by atoms with van der Waals surface area (Å²) < 4.78 is 4.82. The fourth-order valence-corrected chi connectivity index (χ4v) is 1.66. The number of aliphatic hydroxyl groups excluding tert-OH is 1. The molecule has 3 N–H and O–H groups in total. The zero-order valence-electron chi connectivity index (χ0n) is 10.4. The molecule has 1 aromatic carbocycles. The number of anilines is 2. The molecular weight excluding hydrogens is 238 g/mol. The molecular formula is C11H17N3O4. The second-order valence-corrected chi connectivity index (χ2v) is 3.99. The Morgan fingerprint density at radius 2 is 2.28 bits per heavy atom. The van der Waals surface area contributed by atoms with Crippen molar-refractivity contribution in [3.05, 3.63) is 28.3 Å². The van der Waals surface area contributed by atoms with Gasteiger partial charge in [-0.15, -0.1) is 0 Å². The number of nitrogen functional groups attached to an aromatic ring is 1. The van der Waals surface area contributed by atoms with E-state index in [0.717, 1.165) is 0 Å². The molecule has 0 amide bonds. The van der Waals surface area contributed by atoms with Gasteiger partial charge in [-0.3, -0.25) is 10.1 Å². The third kappa shape index (κ3) is 3.57. The van der Waals surface area contributed by atoms with Gasteiger partial charge in [0.1, 0.15) is 0 Å². The van der Waals surface area contributed by atoms with E-state index in [4.69, 9.17) is 10.5 Å². The zero-order valence-corrected chi connectivity index (χ0v) is 10.4. The highest BCUT2D eigenvalue weighted by Gasteiger charge is 2.14. The van der Waals surface area contributed by atoms with Crippen LogP contribution in [-0.4, -0.2) is 43.4 Å². The van der Waals surface area contributed by atoms with Gasteiger partial charge in [-0.2, -0.15) is 0 Å². The van der Waals surface area contributed by atoms with Gasteiger partial charge in [0.05, 0.1) is 29.0 Å². The molecule has 1 unspecified atom stereocenters. The van der Waals surface area contributed by atoms with Crippen molar-refractivity contribution < 1.29 is 14.8 Å². The molecule has 0 saturated carbocycles. The molecule has 18 heavy (non-hydrogen) atoms. The first-order valence-electron chi connectivity index (χ1n) is 5.37. The quantitative estimate of drug-likeness (QED) is 0.439. The van der Waals surface area contributed by atoms with E-state index in [1.165, 1.54) is 19.2 Å². The normalized spacial score (nSPS) is 12.2. The smallest absolute Gasteiger partial charge is 0.271 e. The van der Waals surface area contributed by atoms with E-state index in [1.54, 1.807) is 18.0 Å². The van der Waals surface area contributed by atoms with Crippen LogP contribution < -0.4 is 10.6 Å². The average molecular weight is 255 g/mol. The molecule has 100 valence electrons. The fraction of sp³-hybridized carbons (Fsp3) is 0.455. The lowest BCUT2D eigenvalue weighted by atomic mass is 10.2. The van der Waals surface area contributed by atoms with E-state index in [1.807, 2.05) is 0 Å². The Morgan fingerprint density at radius 3 is 2.78 bits per heavy atom. The first-order valence-corrected chi connectivity index (χ1v) is 5.37. The predicted octanol–water partition coefficient (Wildman–Crippen LogP) is 0.620. The standard InChI is InChI=1S/C11H17N3O4/c1-13(6-9(15)7-18-2)11-4-3-8(14(16)17)5-10(11)12/h3-5,9,15H,6-7,12H2,1-2H3. The van der Waals surface area contributed by atoms with E-state index in [-0.39, 0.29) is 12.3 Å². The molecule has 0 aromatic heterocycles. The van der Waals surface area contributed by atoms with Gasteiger partial charge in [0.15, 0.2) is 0 Å². The van der Waals surface area contributed by atoms with E-state index in [9.17, 15) is 15.2 Å². The lowest BCUT2D eigenvalue weighted by molar-refractivity contribution is -0.384. The number of nitro benzene ring substituents is 1. The molecule has 0 fully saturated rings. The van der Waals surface area contributed by atoms with Crippen LogP contribution in [0.5, 0.6) is 0 Å². The monoisotopic (exact) mass is 255 g/mol. The number of rotatable bonds is 6. The molecule has 0 aliphatic rings. The van der Waals surface area contributed by atoms with Gasteiger partial charge in [-0.05, 0) is 6.07 Å². The summed E-state index contributed by atoms with van der Waals surface area (Å²) in [4.78, 5) is 11.8. The second-order valence-electron chi connectivity index (χ2n) is 3.99. The van der Waals surface area contributed by atoms with Crippen LogP contribution in [0.25, 0.3) is 0 Å². The minimum atomic E-state index is -0.644. The van der Waals surface area contributed by atoms with Gasteiger partial charge in [-0.1, -0.05) is 0 Å². The van der Waals surface area contributed by atoms with E-state index in [0.29, 0.717) is 17.9 Å². The van der Waals surface area contributed by atoms with Crippen molar-refractivity contribution >= 4 is 17.1 Å². The number of ether oxygens (including phenoxy) is 1. The van der Waals surface area contributed by atoms with Gasteiger partial charge in [0.25, 0.3) is 5.69 Å². The van der Waals surface area contributed by atoms with E-state index < -0.39 is 11.0 Å². The fourth-order valence-electron chi connectivity index (χ4n) is 1.66. The Balaban J connectivity index is 2.80. The number of nitro groups is 1. The number of likely N-dealkylation sites (N-methyl/N-ethyl adjacent to an activating group) is 1. The molecule has 1 aromatic rings. The molecule has 0 spiro atoms. The summed E-state index contributed by atoms with van der Waals surface area (Å²) in [6.07, 6.45) is -0.644. The van der Waals surface area contributed by atoms with Crippen molar-refractivity contribution in [3.63, 3.8) is 0 Å². The van der Waals surface area contributed by atoms with Gasteiger partial charge in [0.2, 0.25) is 0 Å². The van der Waals surface area contributed by atoms with Crippen molar-refractivity contribution in [1.29, 1.82) is 0 Å². The Hall–Kier alpha value is -1.86. The van der Waals surface area contributed by atoms with Crippen molar-refractivity contribution in [2.24, 2.45) is 0 Å². The highest BCUT2D eigenvalue weighted by molar-refractivity contribution is 5.70. The van der Waals surface area contributed by atoms with Crippen molar-refractivity contribution in [3.8, 4) is 0 Å². The van der Waals surface area contributed by atoms with Crippen LogP contribution in [0.15, 0.2) is 18.2 Å². The van der Waals surface area contributed by atoms with Crippen LogP contribution in [0.2, 0.25) is 0 Å². The van der Waals surface area contributed by atoms with Crippen LogP contribution in [-0.2, 0) is 4.74 Å². The van der Waals surface area contributed by atoms with Gasteiger partial charge >= 0.3 is 0 Å². The summed E-state index contributed by atoms with van der Waals surface area (Å²) in [6.45, 7) is 0.549. The number of non-ortho nitro benzene ring substituents is 1. The van der Waals surface area contributed by atoms with Crippen LogP contribution in [0.4, 0.5) is 17.1 Å². The van der Waals surface area contributed by atoms with Crippen molar-refractivity contribution in [1.82, 2.24) is 0 Å². The highest BCUT2D eigenvalue weighted by Crippen LogP contribution is 2.26. The maximum absolute atomic E-state index is 10.6. The maximum Gasteiger partial charge on any atom is 0.271 e. The van der Waals surface area contributed by atoms with Gasteiger partial charge < -0.3 is 20.5 Å². The second kappa shape index (κ2) is 6.18. The molecule has 0 radical (unpaired) electrons. The summed E-state index contributed by atoms with van der Waals surface area (Å²) in [7, 11) is 3.25. The highest BCUT2D eigenvalue weighted by atomic mass is 16.6.